The van der Waals surface area contributed by atoms with Gasteiger partial charge >= 0.3 is 0 Å². The summed E-state index contributed by atoms with van der Waals surface area (Å²) in [6.07, 6.45) is 3.54. The number of anilines is 2. The summed E-state index contributed by atoms with van der Waals surface area (Å²) in [5.74, 6) is 0.713. The molecule has 3 aromatic carbocycles. The molecule has 1 aliphatic heterocycles. The van der Waals surface area contributed by atoms with Crippen molar-refractivity contribution in [2.45, 2.75) is 32.8 Å². The molecule has 1 amide bonds. The van der Waals surface area contributed by atoms with Crippen LogP contribution in [0.25, 0.3) is 5.69 Å². The van der Waals surface area contributed by atoms with Crippen LogP contribution in [0.1, 0.15) is 34.3 Å². The Morgan fingerprint density at radius 1 is 1.05 bits per heavy atom. The zero-order valence-electron chi connectivity index (χ0n) is 21.4. The van der Waals surface area contributed by atoms with Crippen molar-refractivity contribution in [1.29, 1.82) is 0 Å². The van der Waals surface area contributed by atoms with Crippen LogP contribution in [0.3, 0.4) is 0 Å². The molecule has 0 spiro atoms. The molecule has 1 fully saturated rings. The third kappa shape index (κ3) is 5.60. The fraction of sp³-hybridized carbons (Fsp3) is 0.233. The van der Waals surface area contributed by atoms with Crippen LogP contribution in [0, 0.1) is 13.8 Å². The summed E-state index contributed by atoms with van der Waals surface area (Å²) < 4.78 is 13.1. The average molecular weight is 511 g/mol. The minimum absolute atomic E-state index is 0.0540. The van der Waals surface area contributed by atoms with Gasteiger partial charge in [0.1, 0.15) is 5.75 Å². The van der Waals surface area contributed by atoms with Gasteiger partial charge in [-0.15, -0.1) is 0 Å². The van der Waals surface area contributed by atoms with Crippen LogP contribution in [0.4, 0.5) is 11.4 Å². The van der Waals surface area contributed by atoms with Crippen LogP contribution < -0.4 is 20.9 Å². The maximum absolute atomic E-state index is 13.7. The molecule has 4 aromatic rings. The van der Waals surface area contributed by atoms with E-state index in [1.54, 1.807) is 24.3 Å². The lowest BCUT2D eigenvalue weighted by molar-refractivity contribution is 0.0858. The topological polar surface area (TPSA) is 94.5 Å². The number of carbonyl (C=O) groups is 1. The van der Waals surface area contributed by atoms with E-state index < -0.39 is 0 Å². The van der Waals surface area contributed by atoms with E-state index in [4.69, 9.17) is 9.47 Å². The lowest BCUT2D eigenvalue weighted by Crippen LogP contribution is -2.31. The molecule has 0 saturated carbocycles. The molecule has 8 heteroatoms. The largest absolute Gasteiger partial charge is 0.453 e. The first-order valence-electron chi connectivity index (χ1n) is 12.7. The molecule has 2 heterocycles. The Bertz CT molecular complexity index is 1490. The summed E-state index contributed by atoms with van der Waals surface area (Å²) in [6, 6.07) is 21.9. The van der Waals surface area contributed by atoms with Gasteiger partial charge in [0, 0.05) is 24.4 Å². The van der Waals surface area contributed by atoms with Gasteiger partial charge in [0.15, 0.2) is 11.4 Å². The minimum Gasteiger partial charge on any atom is -0.453 e. The summed E-state index contributed by atoms with van der Waals surface area (Å²) in [7, 11) is 0. The van der Waals surface area contributed by atoms with Crippen LogP contribution in [-0.4, -0.2) is 34.9 Å². The van der Waals surface area contributed by atoms with Crippen molar-refractivity contribution in [3.8, 4) is 17.2 Å². The van der Waals surface area contributed by atoms with Gasteiger partial charge in [0.05, 0.1) is 18.0 Å². The second-order valence-electron chi connectivity index (χ2n) is 9.29. The van der Waals surface area contributed by atoms with Crippen LogP contribution in [0.5, 0.6) is 11.5 Å². The monoisotopic (exact) mass is 510 g/mol. The maximum Gasteiger partial charge on any atom is 0.299 e. The predicted octanol–water partition coefficient (Wildman–Crippen LogP) is 5.29. The van der Waals surface area contributed by atoms with Crippen molar-refractivity contribution in [2.75, 3.05) is 18.5 Å². The number of nitrogens with one attached hydrogen (secondary N) is 2. The van der Waals surface area contributed by atoms with Gasteiger partial charge in [0.25, 0.3) is 11.5 Å². The van der Waals surface area contributed by atoms with E-state index in [1.807, 2.05) is 62.4 Å². The number of aryl methyl sites for hydroxylation is 1. The van der Waals surface area contributed by atoms with Crippen LogP contribution in [0.2, 0.25) is 0 Å². The quantitative estimate of drug-likeness (QED) is 0.334. The Morgan fingerprint density at radius 2 is 1.87 bits per heavy atom. The van der Waals surface area contributed by atoms with Crippen molar-refractivity contribution in [3.63, 3.8) is 0 Å². The van der Waals surface area contributed by atoms with Crippen molar-refractivity contribution >= 4 is 17.3 Å². The fourth-order valence-corrected chi connectivity index (χ4v) is 4.33. The summed E-state index contributed by atoms with van der Waals surface area (Å²) in [4.78, 5) is 26.5. The SMILES string of the molecule is Cc1cccc(Oc2cnn(-c3ccccc3)c(=O)c2Nc2cccc(C(=O)NCC3CCCO3)c2)c1C. The molecule has 5 rings (SSSR count). The Morgan fingerprint density at radius 3 is 2.66 bits per heavy atom. The van der Waals surface area contributed by atoms with Gasteiger partial charge in [0.2, 0.25) is 0 Å². The molecule has 8 nitrogen and oxygen atoms in total. The van der Waals surface area contributed by atoms with Gasteiger partial charge in [-0.3, -0.25) is 9.59 Å². The molecule has 194 valence electrons. The number of aromatic nitrogens is 2. The lowest BCUT2D eigenvalue weighted by atomic mass is 10.1. The standard InChI is InChI=1S/C30H30N4O4/c1-20-9-6-15-26(21(20)2)38-27-19-32-34(24-12-4-3-5-13-24)30(36)28(27)33-23-11-7-10-22(17-23)29(35)31-18-25-14-8-16-37-25/h3-7,9-13,15,17,19,25,33H,8,14,16,18H2,1-2H3,(H,31,35). The predicted molar refractivity (Wildman–Crippen MR) is 147 cm³/mol. The van der Waals surface area contributed by atoms with Gasteiger partial charge in [-0.25, -0.2) is 0 Å². The van der Waals surface area contributed by atoms with E-state index in [0.29, 0.717) is 29.2 Å². The number of hydrogen-bond donors (Lipinski definition) is 2. The highest BCUT2D eigenvalue weighted by molar-refractivity contribution is 5.95. The zero-order chi connectivity index (χ0) is 26.5. The smallest absolute Gasteiger partial charge is 0.299 e. The van der Waals surface area contributed by atoms with Gasteiger partial charge in [-0.2, -0.15) is 9.78 Å². The Hall–Kier alpha value is -4.43. The Kier molecular flexibility index (Phi) is 7.51. The Labute approximate surface area is 221 Å². The van der Waals surface area contributed by atoms with Crippen LogP contribution in [0.15, 0.2) is 83.8 Å². The van der Waals surface area contributed by atoms with Crippen LogP contribution in [-0.2, 0) is 4.74 Å². The van der Waals surface area contributed by atoms with E-state index in [9.17, 15) is 9.59 Å². The molecule has 1 aliphatic rings. The van der Waals surface area contributed by atoms with E-state index in [0.717, 1.165) is 30.6 Å². The number of amides is 1. The number of nitrogens with zero attached hydrogens (tertiary/aromatic N) is 2. The number of hydrogen-bond acceptors (Lipinski definition) is 6. The molecular weight excluding hydrogens is 480 g/mol. The fourth-order valence-electron chi connectivity index (χ4n) is 4.33. The van der Waals surface area contributed by atoms with E-state index in [-0.39, 0.29) is 29.0 Å². The number of carbonyl (C=O) groups excluding carboxylic acids is 1. The minimum atomic E-state index is -0.382. The van der Waals surface area contributed by atoms with E-state index in [2.05, 4.69) is 15.7 Å². The molecule has 0 radical (unpaired) electrons. The summed E-state index contributed by atoms with van der Waals surface area (Å²) in [5, 5.41) is 10.5. The maximum atomic E-state index is 13.7. The second-order valence-corrected chi connectivity index (χ2v) is 9.29. The first kappa shape index (κ1) is 25.2. The highest BCUT2D eigenvalue weighted by atomic mass is 16.5. The number of para-hydroxylation sites is 1. The normalized spacial score (nSPS) is 14.7. The van der Waals surface area contributed by atoms with Crippen molar-refractivity contribution < 1.29 is 14.3 Å². The van der Waals surface area contributed by atoms with Crippen molar-refractivity contribution in [2.24, 2.45) is 0 Å². The zero-order valence-corrected chi connectivity index (χ0v) is 21.4. The molecule has 38 heavy (non-hydrogen) atoms. The highest BCUT2D eigenvalue weighted by Crippen LogP contribution is 2.32. The molecule has 2 N–H and O–H groups in total. The third-order valence-corrected chi connectivity index (χ3v) is 6.63. The first-order valence-corrected chi connectivity index (χ1v) is 12.7. The molecular formula is C30H30N4O4. The van der Waals surface area contributed by atoms with Crippen molar-refractivity contribution in [1.82, 2.24) is 15.1 Å². The molecule has 1 atom stereocenters. The van der Waals surface area contributed by atoms with Crippen LogP contribution >= 0.6 is 0 Å². The second kappa shape index (κ2) is 11.3. The summed E-state index contributed by atoms with van der Waals surface area (Å²) in [5.41, 5.74) is 3.54. The average Bonchev–Trinajstić information content (AvgIpc) is 3.46. The molecule has 1 unspecified atom stereocenters. The molecule has 1 saturated heterocycles. The van der Waals surface area contributed by atoms with Gasteiger partial charge < -0.3 is 20.1 Å². The third-order valence-electron chi connectivity index (χ3n) is 6.63. The number of ether oxygens (including phenoxy) is 2. The van der Waals surface area contributed by atoms with Crippen molar-refractivity contribution in [3.05, 3.63) is 106 Å². The molecule has 0 aliphatic carbocycles. The van der Waals surface area contributed by atoms with E-state index >= 15 is 0 Å². The molecule has 1 aromatic heterocycles. The number of rotatable bonds is 8. The molecule has 0 bridgehead atoms. The van der Waals surface area contributed by atoms with Gasteiger partial charge in [-0.05, 0) is 74.2 Å². The number of benzene rings is 3. The highest BCUT2D eigenvalue weighted by Gasteiger charge is 2.19. The Balaban J connectivity index is 1.47. The summed E-state index contributed by atoms with van der Waals surface area (Å²) >= 11 is 0. The lowest BCUT2D eigenvalue weighted by Gasteiger charge is -2.16. The van der Waals surface area contributed by atoms with Gasteiger partial charge in [-0.1, -0.05) is 36.4 Å². The van der Waals surface area contributed by atoms with E-state index in [1.165, 1.54) is 10.9 Å². The summed E-state index contributed by atoms with van der Waals surface area (Å²) in [6.45, 7) is 5.17. The first-order chi connectivity index (χ1) is 18.5.